The predicted octanol–water partition coefficient (Wildman–Crippen LogP) is 2.10. The van der Waals surface area contributed by atoms with E-state index in [4.69, 9.17) is 0 Å². The number of amides is 1. The van der Waals surface area contributed by atoms with Crippen molar-refractivity contribution in [3.05, 3.63) is 29.8 Å². The summed E-state index contributed by atoms with van der Waals surface area (Å²) in [7, 11) is 3.57. The molecular formula is C16H27N3O. The van der Waals surface area contributed by atoms with Gasteiger partial charge in [0.15, 0.2) is 0 Å². The van der Waals surface area contributed by atoms with Crippen LogP contribution in [0.2, 0.25) is 0 Å². The molecule has 1 amide bonds. The number of rotatable bonds is 8. The molecule has 0 radical (unpaired) electrons. The molecule has 1 aromatic rings. The van der Waals surface area contributed by atoms with Gasteiger partial charge in [-0.15, -0.1) is 0 Å². The van der Waals surface area contributed by atoms with Crippen molar-refractivity contribution < 1.29 is 4.79 Å². The van der Waals surface area contributed by atoms with Crippen molar-refractivity contribution >= 4 is 11.6 Å². The van der Waals surface area contributed by atoms with Gasteiger partial charge in [0.25, 0.3) is 0 Å². The second-order valence-electron chi connectivity index (χ2n) is 5.05. The molecule has 0 saturated carbocycles. The Morgan fingerprint density at radius 3 is 2.20 bits per heavy atom. The van der Waals surface area contributed by atoms with Crippen LogP contribution in [-0.2, 0) is 11.3 Å². The van der Waals surface area contributed by atoms with Crippen LogP contribution in [0.15, 0.2) is 24.3 Å². The zero-order valence-corrected chi connectivity index (χ0v) is 13.1. The Kier molecular flexibility index (Phi) is 7.09. The maximum atomic E-state index is 11.4. The highest BCUT2D eigenvalue weighted by Gasteiger charge is 2.03. The molecule has 0 aromatic heterocycles. The Hall–Kier alpha value is -1.55. The molecular weight excluding hydrogens is 250 g/mol. The SMILES string of the molecule is CCN(CC)c1ccc(CNCCC(=O)N(C)C)cc1. The van der Waals surface area contributed by atoms with Gasteiger partial charge in [-0.2, -0.15) is 0 Å². The highest BCUT2D eigenvalue weighted by Crippen LogP contribution is 2.14. The van der Waals surface area contributed by atoms with Crippen molar-refractivity contribution in [2.45, 2.75) is 26.8 Å². The van der Waals surface area contributed by atoms with E-state index < -0.39 is 0 Å². The molecule has 1 aromatic carbocycles. The maximum absolute atomic E-state index is 11.4. The first kappa shape index (κ1) is 16.5. The third kappa shape index (κ3) is 5.21. The van der Waals surface area contributed by atoms with Crippen LogP contribution in [0.4, 0.5) is 5.69 Å². The van der Waals surface area contributed by atoms with Gasteiger partial charge in [0.1, 0.15) is 0 Å². The van der Waals surface area contributed by atoms with E-state index in [1.54, 1.807) is 19.0 Å². The first-order valence-corrected chi connectivity index (χ1v) is 7.33. The van der Waals surface area contributed by atoms with Gasteiger partial charge in [-0.3, -0.25) is 4.79 Å². The number of nitrogens with zero attached hydrogens (tertiary/aromatic N) is 2. The van der Waals surface area contributed by atoms with Gasteiger partial charge in [0, 0.05) is 52.4 Å². The zero-order valence-electron chi connectivity index (χ0n) is 13.1. The van der Waals surface area contributed by atoms with E-state index >= 15 is 0 Å². The second kappa shape index (κ2) is 8.59. The lowest BCUT2D eigenvalue weighted by Gasteiger charge is -2.21. The second-order valence-corrected chi connectivity index (χ2v) is 5.05. The van der Waals surface area contributed by atoms with E-state index in [0.29, 0.717) is 6.42 Å². The molecule has 0 bridgehead atoms. The molecule has 0 aliphatic heterocycles. The number of benzene rings is 1. The number of hydrogen-bond acceptors (Lipinski definition) is 3. The van der Waals surface area contributed by atoms with E-state index in [1.165, 1.54) is 11.3 Å². The average molecular weight is 277 g/mol. The minimum atomic E-state index is 0.161. The van der Waals surface area contributed by atoms with Crippen molar-refractivity contribution in [3.63, 3.8) is 0 Å². The minimum absolute atomic E-state index is 0.161. The normalized spacial score (nSPS) is 10.4. The quantitative estimate of drug-likeness (QED) is 0.739. The summed E-state index contributed by atoms with van der Waals surface area (Å²) in [5.41, 5.74) is 2.51. The molecule has 20 heavy (non-hydrogen) atoms. The van der Waals surface area contributed by atoms with Crippen LogP contribution in [0, 0.1) is 0 Å². The molecule has 0 fully saturated rings. The topological polar surface area (TPSA) is 35.6 Å². The minimum Gasteiger partial charge on any atom is -0.372 e. The Labute approximate surface area is 122 Å². The summed E-state index contributed by atoms with van der Waals surface area (Å²) >= 11 is 0. The molecule has 0 aliphatic carbocycles. The summed E-state index contributed by atoms with van der Waals surface area (Å²) in [6.07, 6.45) is 0.546. The van der Waals surface area contributed by atoms with Crippen molar-refractivity contribution in [1.29, 1.82) is 0 Å². The molecule has 4 nitrogen and oxygen atoms in total. The summed E-state index contributed by atoms with van der Waals surface area (Å²) in [6, 6.07) is 8.62. The van der Waals surface area contributed by atoms with Gasteiger partial charge < -0.3 is 15.1 Å². The number of nitrogens with one attached hydrogen (secondary N) is 1. The van der Waals surface area contributed by atoms with Crippen LogP contribution in [0.5, 0.6) is 0 Å². The summed E-state index contributed by atoms with van der Waals surface area (Å²) in [5.74, 6) is 0.161. The van der Waals surface area contributed by atoms with Gasteiger partial charge in [0.2, 0.25) is 5.91 Å². The summed E-state index contributed by atoms with van der Waals surface area (Å²) in [6.45, 7) is 7.91. The monoisotopic (exact) mass is 277 g/mol. The van der Waals surface area contributed by atoms with Crippen molar-refractivity contribution in [2.75, 3.05) is 38.6 Å². The van der Waals surface area contributed by atoms with Crippen LogP contribution in [0.3, 0.4) is 0 Å². The third-order valence-electron chi connectivity index (χ3n) is 3.41. The number of anilines is 1. The van der Waals surface area contributed by atoms with Gasteiger partial charge in [-0.1, -0.05) is 12.1 Å². The standard InChI is InChI=1S/C16H27N3O/c1-5-19(6-2)15-9-7-14(8-10-15)13-17-12-11-16(20)18(3)4/h7-10,17H,5-6,11-13H2,1-4H3. The van der Waals surface area contributed by atoms with E-state index in [1.807, 2.05) is 0 Å². The molecule has 1 rings (SSSR count). The van der Waals surface area contributed by atoms with E-state index in [2.05, 4.69) is 48.3 Å². The van der Waals surface area contributed by atoms with Crippen LogP contribution < -0.4 is 10.2 Å². The van der Waals surface area contributed by atoms with E-state index in [9.17, 15) is 4.79 Å². The van der Waals surface area contributed by atoms with Crippen LogP contribution in [0.1, 0.15) is 25.8 Å². The van der Waals surface area contributed by atoms with Gasteiger partial charge >= 0.3 is 0 Å². The number of hydrogen-bond donors (Lipinski definition) is 1. The van der Waals surface area contributed by atoms with Crippen molar-refractivity contribution in [3.8, 4) is 0 Å². The smallest absolute Gasteiger partial charge is 0.223 e. The number of carbonyl (C=O) groups excluding carboxylic acids is 1. The predicted molar refractivity (Wildman–Crippen MR) is 85.0 cm³/mol. The molecule has 1 N–H and O–H groups in total. The van der Waals surface area contributed by atoms with Crippen molar-refractivity contribution in [1.82, 2.24) is 10.2 Å². The molecule has 0 saturated heterocycles. The summed E-state index contributed by atoms with van der Waals surface area (Å²) < 4.78 is 0. The molecule has 112 valence electrons. The lowest BCUT2D eigenvalue weighted by molar-refractivity contribution is -0.128. The molecule has 0 aliphatic rings. The molecule has 0 heterocycles. The molecule has 0 spiro atoms. The first-order chi connectivity index (χ1) is 9.58. The highest BCUT2D eigenvalue weighted by atomic mass is 16.2. The summed E-state index contributed by atoms with van der Waals surface area (Å²) in [4.78, 5) is 15.4. The Balaban J connectivity index is 2.37. The number of carbonyl (C=O) groups is 1. The third-order valence-corrected chi connectivity index (χ3v) is 3.41. The maximum Gasteiger partial charge on any atom is 0.223 e. The Bertz CT molecular complexity index is 397. The molecule has 0 unspecified atom stereocenters. The fourth-order valence-electron chi connectivity index (χ4n) is 2.07. The van der Waals surface area contributed by atoms with Gasteiger partial charge in [-0.25, -0.2) is 0 Å². The lowest BCUT2D eigenvalue weighted by atomic mass is 10.2. The van der Waals surface area contributed by atoms with Crippen LogP contribution in [-0.4, -0.2) is 44.5 Å². The Morgan fingerprint density at radius 1 is 1.10 bits per heavy atom. The largest absolute Gasteiger partial charge is 0.372 e. The lowest BCUT2D eigenvalue weighted by Crippen LogP contribution is -2.26. The average Bonchev–Trinajstić information content (AvgIpc) is 2.46. The van der Waals surface area contributed by atoms with E-state index in [-0.39, 0.29) is 5.91 Å². The van der Waals surface area contributed by atoms with Gasteiger partial charge in [-0.05, 0) is 31.5 Å². The van der Waals surface area contributed by atoms with E-state index in [0.717, 1.165) is 26.2 Å². The molecule has 0 atom stereocenters. The highest BCUT2D eigenvalue weighted by molar-refractivity contribution is 5.75. The van der Waals surface area contributed by atoms with Gasteiger partial charge in [0.05, 0.1) is 0 Å². The zero-order chi connectivity index (χ0) is 15.0. The summed E-state index contributed by atoms with van der Waals surface area (Å²) in [5, 5.41) is 3.30. The Morgan fingerprint density at radius 2 is 1.70 bits per heavy atom. The first-order valence-electron chi connectivity index (χ1n) is 7.33. The fourth-order valence-corrected chi connectivity index (χ4v) is 2.07. The van der Waals surface area contributed by atoms with Crippen molar-refractivity contribution in [2.24, 2.45) is 0 Å². The van der Waals surface area contributed by atoms with Crippen LogP contribution in [0.25, 0.3) is 0 Å². The fraction of sp³-hybridized carbons (Fsp3) is 0.562. The van der Waals surface area contributed by atoms with Crippen LogP contribution >= 0.6 is 0 Å². The molecule has 4 heteroatoms.